The molecule has 2 aromatic carbocycles. The van der Waals surface area contributed by atoms with E-state index in [1.54, 1.807) is 0 Å². The van der Waals surface area contributed by atoms with Crippen molar-refractivity contribution in [2.45, 2.75) is 10.6 Å². The summed E-state index contributed by atoms with van der Waals surface area (Å²) in [5.41, 5.74) is -0.126. The van der Waals surface area contributed by atoms with Crippen molar-refractivity contribution in [3.05, 3.63) is 65.2 Å². The fourth-order valence-corrected chi connectivity index (χ4v) is 2.84. The highest BCUT2D eigenvalue weighted by atomic mass is 32.2. The Morgan fingerprint density at radius 3 is 2.45 bits per heavy atom. The maximum atomic E-state index is 13.6. The van der Waals surface area contributed by atoms with Gasteiger partial charge in [-0.3, -0.25) is 4.21 Å². The van der Waals surface area contributed by atoms with Crippen LogP contribution in [0.4, 0.5) is 8.78 Å². The number of hydrogen-bond donors (Lipinski definition) is 1. The second-order valence-electron chi connectivity index (χ2n) is 4.03. The highest BCUT2D eigenvalue weighted by molar-refractivity contribution is 7.84. The molecule has 6 heteroatoms. The summed E-state index contributed by atoms with van der Waals surface area (Å²) in [5, 5.41) is 8.84. The molecule has 0 aliphatic heterocycles. The largest absolute Gasteiger partial charge is 0.478 e. The van der Waals surface area contributed by atoms with Crippen LogP contribution in [0.2, 0.25) is 0 Å². The number of benzene rings is 2. The van der Waals surface area contributed by atoms with Gasteiger partial charge in [0.05, 0.1) is 27.0 Å². The molecule has 0 radical (unpaired) electrons. The molecule has 0 heterocycles. The lowest BCUT2D eigenvalue weighted by Crippen LogP contribution is -2.04. The maximum absolute atomic E-state index is 13.6. The minimum Gasteiger partial charge on any atom is -0.478 e. The summed E-state index contributed by atoms with van der Waals surface area (Å²) in [5.74, 6) is -2.79. The molecule has 0 fully saturated rings. The SMILES string of the molecule is O=C(O)c1ccc(F)c(CS(=O)c2ccccc2F)c1. The Bertz CT molecular complexity index is 686. The Balaban J connectivity index is 2.30. The highest BCUT2D eigenvalue weighted by Crippen LogP contribution is 2.18. The van der Waals surface area contributed by atoms with Gasteiger partial charge in [0.15, 0.2) is 0 Å². The average Bonchev–Trinajstić information content (AvgIpc) is 2.41. The van der Waals surface area contributed by atoms with Gasteiger partial charge in [-0.15, -0.1) is 0 Å². The van der Waals surface area contributed by atoms with Crippen molar-refractivity contribution in [1.82, 2.24) is 0 Å². The normalized spacial score (nSPS) is 12.1. The Hall–Kier alpha value is -2.08. The van der Waals surface area contributed by atoms with E-state index in [1.165, 1.54) is 18.2 Å². The first-order valence-electron chi connectivity index (χ1n) is 5.63. The molecule has 0 aliphatic carbocycles. The van der Waals surface area contributed by atoms with E-state index >= 15 is 0 Å². The minimum atomic E-state index is -1.79. The molecule has 0 bridgehead atoms. The molecule has 0 spiro atoms. The van der Waals surface area contributed by atoms with Crippen LogP contribution in [-0.4, -0.2) is 15.3 Å². The third-order valence-electron chi connectivity index (χ3n) is 2.66. The van der Waals surface area contributed by atoms with Crippen molar-refractivity contribution < 1.29 is 22.9 Å². The second kappa shape index (κ2) is 5.92. The van der Waals surface area contributed by atoms with Crippen LogP contribution < -0.4 is 0 Å². The molecule has 1 N–H and O–H groups in total. The lowest BCUT2D eigenvalue weighted by atomic mass is 10.1. The van der Waals surface area contributed by atoms with Crippen LogP contribution in [-0.2, 0) is 16.6 Å². The molecule has 0 saturated carbocycles. The van der Waals surface area contributed by atoms with Crippen molar-refractivity contribution in [2.75, 3.05) is 0 Å². The second-order valence-corrected chi connectivity index (χ2v) is 5.45. The average molecular weight is 296 g/mol. The summed E-state index contributed by atoms with van der Waals surface area (Å²) in [6.45, 7) is 0. The standard InChI is InChI=1S/C14H10F2O3S/c15-11-6-5-9(14(17)18)7-10(11)8-20(19)13-4-2-1-3-12(13)16/h1-7H,8H2,(H,17,18). The summed E-state index contributed by atoms with van der Waals surface area (Å²) in [4.78, 5) is 10.8. The number of carboxylic acid groups (broad SMARTS) is 1. The zero-order valence-corrected chi connectivity index (χ0v) is 11.0. The molecule has 1 atom stereocenters. The Morgan fingerprint density at radius 2 is 1.80 bits per heavy atom. The summed E-state index contributed by atoms with van der Waals surface area (Å²) >= 11 is 0. The first kappa shape index (κ1) is 14.3. The molecule has 2 rings (SSSR count). The molecule has 3 nitrogen and oxygen atoms in total. The van der Waals surface area contributed by atoms with Crippen molar-refractivity contribution in [3.63, 3.8) is 0 Å². The lowest BCUT2D eigenvalue weighted by molar-refractivity contribution is 0.0696. The van der Waals surface area contributed by atoms with Gasteiger partial charge >= 0.3 is 5.97 Å². The first-order valence-corrected chi connectivity index (χ1v) is 6.95. The van der Waals surface area contributed by atoms with Crippen LogP contribution in [0.3, 0.4) is 0 Å². The van der Waals surface area contributed by atoms with E-state index in [4.69, 9.17) is 5.11 Å². The quantitative estimate of drug-likeness (QED) is 0.943. The van der Waals surface area contributed by atoms with E-state index in [1.807, 2.05) is 0 Å². The monoisotopic (exact) mass is 296 g/mol. The molecular formula is C14H10F2O3S. The van der Waals surface area contributed by atoms with Crippen LogP contribution in [0, 0.1) is 11.6 Å². The molecule has 2 aromatic rings. The third kappa shape index (κ3) is 3.08. The Labute approximate surface area is 116 Å². The highest BCUT2D eigenvalue weighted by Gasteiger charge is 2.14. The van der Waals surface area contributed by atoms with Gasteiger partial charge in [-0.05, 0) is 30.3 Å². The summed E-state index contributed by atoms with van der Waals surface area (Å²) in [7, 11) is -1.79. The molecule has 0 aliphatic rings. The van der Waals surface area contributed by atoms with E-state index in [9.17, 15) is 17.8 Å². The summed E-state index contributed by atoms with van der Waals surface area (Å²) in [6, 6.07) is 8.73. The van der Waals surface area contributed by atoms with Gasteiger partial charge in [0.25, 0.3) is 0 Å². The minimum absolute atomic E-state index is 0.0218. The number of carboxylic acids is 1. The zero-order valence-electron chi connectivity index (χ0n) is 10.2. The van der Waals surface area contributed by atoms with E-state index in [-0.39, 0.29) is 21.8 Å². The van der Waals surface area contributed by atoms with Gasteiger partial charge in [0.1, 0.15) is 11.6 Å². The molecule has 0 aromatic heterocycles. The van der Waals surface area contributed by atoms with Crippen molar-refractivity contribution in [1.29, 1.82) is 0 Å². The lowest BCUT2D eigenvalue weighted by Gasteiger charge is -2.06. The van der Waals surface area contributed by atoms with Crippen LogP contribution in [0.25, 0.3) is 0 Å². The molecule has 0 saturated heterocycles. The van der Waals surface area contributed by atoms with Crippen LogP contribution in [0.1, 0.15) is 15.9 Å². The van der Waals surface area contributed by atoms with E-state index in [2.05, 4.69) is 0 Å². The molecule has 1 unspecified atom stereocenters. The topological polar surface area (TPSA) is 54.4 Å². The number of hydrogen-bond acceptors (Lipinski definition) is 2. The van der Waals surface area contributed by atoms with Crippen molar-refractivity contribution in [3.8, 4) is 0 Å². The number of halogens is 2. The fourth-order valence-electron chi connectivity index (χ4n) is 1.67. The van der Waals surface area contributed by atoms with Gasteiger partial charge in [-0.25, -0.2) is 13.6 Å². The van der Waals surface area contributed by atoms with Gasteiger partial charge in [-0.1, -0.05) is 12.1 Å². The van der Waals surface area contributed by atoms with Crippen molar-refractivity contribution >= 4 is 16.8 Å². The Morgan fingerprint density at radius 1 is 1.10 bits per heavy atom. The number of rotatable bonds is 4. The van der Waals surface area contributed by atoms with E-state index in [0.717, 1.165) is 24.3 Å². The summed E-state index contributed by atoms with van der Waals surface area (Å²) < 4.78 is 39.1. The fraction of sp³-hybridized carbons (Fsp3) is 0.0714. The summed E-state index contributed by atoms with van der Waals surface area (Å²) in [6.07, 6.45) is 0. The van der Waals surface area contributed by atoms with Gasteiger partial charge in [0.2, 0.25) is 0 Å². The Kier molecular flexibility index (Phi) is 4.24. The maximum Gasteiger partial charge on any atom is 0.335 e. The van der Waals surface area contributed by atoms with E-state index in [0.29, 0.717) is 0 Å². The van der Waals surface area contributed by atoms with E-state index < -0.39 is 28.4 Å². The van der Waals surface area contributed by atoms with Gasteiger partial charge < -0.3 is 5.11 Å². The number of carbonyl (C=O) groups is 1. The smallest absolute Gasteiger partial charge is 0.335 e. The molecule has 104 valence electrons. The van der Waals surface area contributed by atoms with Crippen molar-refractivity contribution in [2.24, 2.45) is 0 Å². The molecule has 0 amide bonds. The molecular weight excluding hydrogens is 286 g/mol. The van der Waals surface area contributed by atoms with Crippen LogP contribution in [0.15, 0.2) is 47.4 Å². The van der Waals surface area contributed by atoms with Crippen LogP contribution >= 0.6 is 0 Å². The molecule has 20 heavy (non-hydrogen) atoms. The first-order chi connectivity index (χ1) is 9.49. The zero-order chi connectivity index (χ0) is 14.7. The number of aromatic carboxylic acids is 1. The predicted octanol–water partition coefficient (Wildman–Crippen LogP) is 2.97. The predicted molar refractivity (Wildman–Crippen MR) is 69.9 cm³/mol. The third-order valence-corrected chi connectivity index (χ3v) is 4.06. The van der Waals surface area contributed by atoms with Gasteiger partial charge in [-0.2, -0.15) is 0 Å². The van der Waals surface area contributed by atoms with Crippen LogP contribution in [0.5, 0.6) is 0 Å². The van der Waals surface area contributed by atoms with Gasteiger partial charge in [0, 0.05) is 5.56 Å².